The van der Waals surface area contributed by atoms with Gasteiger partial charge in [0.25, 0.3) is 0 Å². The van der Waals surface area contributed by atoms with E-state index in [-0.39, 0.29) is 18.2 Å². The number of rotatable bonds is 3. The molecule has 0 saturated heterocycles. The number of ether oxygens (including phenoxy) is 2. The molecule has 1 aromatic rings. The van der Waals surface area contributed by atoms with Crippen LogP contribution in [-0.4, -0.2) is 25.5 Å². The van der Waals surface area contributed by atoms with E-state index in [1.54, 1.807) is 6.07 Å². The number of hydrogen-bond acceptors (Lipinski definition) is 4. The van der Waals surface area contributed by atoms with E-state index in [2.05, 4.69) is 0 Å². The summed E-state index contributed by atoms with van der Waals surface area (Å²) in [6, 6.07) is 1.62. The summed E-state index contributed by atoms with van der Waals surface area (Å²) in [5, 5.41) is 0.394. The number of Topliss-reactive ketones (excluding diaryl/α,β-unsaturated/α-hetero) is 1. The molecular weight excluding hydrogens is 254 g/mol. The molecule has 0 saturated carbocycles. The third-order valence-electron chi connectivity index (χ3n) is 2.87. The molecule has 0 amide bonds. The highest BCUT2D eigenvalue weighted by atomic mass is 35.5. The molecule has 98 valence electrons. The summed E-state index contributed by atoms with van der Waals surface area (Å²) in [7, 11) is 0. The predicted octanol–water partition coefficient (Wildman–Crippen LogP) is 2.38. The number of carbonyl (C=O) groups excluding carboxylic acids is 1. The van der Waals surface area contributed by atoms with E-state index in [1.807, 2.05) is 13.8 Å². The van der Waals surface area contributed by atoms with Crippen LogP contribution < -0.4 is 15.2 Å². The van der Waals surface area contributed by atoms with Gasteiger partial charge in [0, 0.05) is 11.1 Å². The van der Waals surface area contributed by atoms with Crippen molar-refractivity contribution in [3.8, 4) is 11.5 Å². The van der Waals surface area contributed by atoms with Gasteiger partial charge >= 0.3 is 0 Å². The summed E-state index contributed by atoms with van der Waals surface area (Å²) >= 11 is 6.13. The van der Waals surface area contributed by atoms with Crippen LogP contribution in [0.15, 0.2) is 6.07 Å². The Hall–Kier alpha value is -1.26. The van der Waals surface area contributed by atoms with Crippen molar-refractivity contribution in [3.63, 3.8) is 0 Å². The van der Waals surface area contributed by atoms with Gasteiger partial charge < -0.3 is 15.2 Å². The normalized spacial score (nSPS) is 13.8. The van der Waals surface area contributed by atoms with Gasteiger partial charge in [-0.3, -0.25) is 4.79 Å². The Labute approximate surface area is 111 Å². The smallest absolute Gasteiger partial charge is 0.180 e. The monoisotopic (exact) mass is 269 g/mol. The lowest BCUT2D eigenvalue weighted by molar-refractivity contribution is 0.0998. The van der Waals surface area contributed by atoms with Crippen LogP contribution in [0.25, 0.3) is 0 Å². The van der Waals surface area contributed by atoms with Crippen LogP contribution in [0.3, 0.4) is 0 Å². The number of benzene rings is 1. The topological polar surface area (TPSA) is 61.6 Å². The Morgan fingerprint density at radius 3 is 2.56 bits per heavy atom. The standard InChI is InChI=1S/C13H16ClNO3/c1-7(2)11-8(10(16)6-15)5-9(14)12-13(11)18-4-3-17-12/h5,7H,3-4,6,15H2,1-2H3. The van der Waals surface area contributed by atoms with Crippen molar-refractivity contribution < 1.29 is 14.3 Å². The molecule has 18 heavy (non-hydrogen) atoms. The zero-order chi connectivity index (χ0) is 13.3. The Kier molecular flexibility index (Phi) is 3.78. The minimum Gasteiger partial charge on any atom is -0.486 e. The molecular formula is C13H16ClNO3. The second-order valence-corrected chi connectivity index (χ2v) is 4.86. The summed E-state index contributed by atoms with van der Waals surface area (Å²) in [5.41, 5.74) is 6.79. The summed E-state index contributed by atoms with van der Waals surface area (Å²) < 4.78 is 11.1. The van der Waals surface area contributed by atoms with Crippen LogP contribution in [0.1, 0.15) is 35.7 Å². The van der Waals surface area contributed by atoms with Crippen molar-refractivity contribution in [2.75, 3.05) is 19.8 Å². The zero-order valence-electron chi connectivity index (χ0n) is 10.5. The number of halogens is 1. The molecule has 0 unspecified atom stereocenters. The van der Waals surface area contributed by atoms with Crippen LogP contribution in [-0.2, 0) is 0 Å². The molecule has 0 bridgehead atoms. The quantitative estimate of drug-likeness (QED) is 0.856. The first-order valence-corrected chi connectivity index (χ1v) is 6.29. The van der Waals surface area contributed by atoms with E-state index in [9.17, 15) is 4.79 Å². The van der Waals surface area contributed by atoms with Gasteiger partial charge in [0.1, 0.15) is 13.2 Å². The number of carbonyl (C=O) groups is 1. The summed E-state index contributed by atoms with van der Waals surface area (Å²) in [4.78, 5) is 11.9. The molecule has 4 nitrogen and oxygen atoms in total. The second-order valence-electron chi connectivity index (χ2n) is 4.46. The first-order valence-electron chi connectivity index (χ1n) is 5.91. The number of nitrogens with two attached hydrogens (primary N) is 1. The lowest BCUT2D eigenvalue weighted by Gasteiger charge is -2.25. The van der Waals surface area contributed by atoms with Crippen molar-refractivity contribution >= 4 is 17.4 Å². The highest BCUT2D eigenvalue weighted by Crippen LogP contribution is 2.44. The van der Waals surface area contributed by atoms with E-state index in [1.165, 1.54) is 0 Å². The van der Waals surface area contributed by atoms with Crippen LogP contribution in [0, 0.1) is 0 Å². The Morgan fingerprint density at radius 1 is 1.39 bits per heavy atom. The fourth-order valence-electron chi connectivity index (χ4n) is 2.10. The molecule has 0 spiro atoms. The Morgan fingerprint density at radius 2 is 2.00 bits per heavy atom. The Bertz CT molecular complexity index is 486. The first-order chi connectivity index (χ1) is 8.56. The van der Waals surface area contributed by atoms with Crippen molar-refractivity contribution in [2.24, 2.45) is 5.73 Å². The molecule has 5 heteroatoms. The minimum atomic E-state index is -0.141. The van der Waals surface area contributed by atoms with Crippen molar-refractivity contribution in [2.45, 2.75) is 19.8 Å². The molecule has 0 atom stereocenters. The van der Waals surface area contributed by atoms with Gasteiger partial charge in [-0.25, -0.2) is 0 Å². The molecule has 0 aliphatic carbocycles. The number of fused-ring (bicyclic) bond motifs is 1. The highest BCUT2D eigenvalue weighted by Gasteiger charge is 2.26. The lowest BCUT2D eigenvalue weighted by atomic mass is 9.93. The van der Waals surface area contributed by atoms with Crippen molar-refractivity contribution in [1.82, 2.24) is 0 Å². The highest BCUT2D eigenvalue weighted by molar-refractivity contribution is 6.33. The molecule has 2 rings (SSSR count). The average Bonchev–Trinajstić information content (AvgIpc) is 2.37. The minimum absolute atomic E-state index is 0.0459. The fourth-order valence-corrected chi connectivity index (χ4v) is 2.35. The van der Waals surface area contributed by atoms with E-state index in [4.69, 9.17) is 26.8 Å². The lowest BCUT2D eigenvalue weighted by Crippen LogP contribution is -2.21. The van der Waals surface area contributed by atoms with Crippen molar-refractivity contribution in [1.29, 1.82) is 0 Å². The maximum absolute atomic E-state index is 11.9. The maximum atomic E-state index is 11.9. The average molecular weight is 270 g/mol. The summed E-state index contributed by atoms with van der Waals surface area (Å²) in [6.45, 7) is 4.87. The third kappa shape index (κ3) is 2.18. The number of hydrogen-bond donors (Lipinski definition) is 1. The van der Waals surface area contributed by atoms with Gasteiger partial charge in [-0.1, -0.05) is 25.4 Å². The van der Waals surface area contributed by atoms with Gasteiger partial charge in [0.2, 0.25) is 0 Å². The second kappa shape index (κ2) is 5.16. The molecule has 0 radical (unpaired) electrons. The van der Waals surface area contributed by atoms with Crippen LogP contribution >= 0.6 is 11.6 Å². The largest absolute Gasteiger partial charge is 0.486 e. The predicted molar refractivity (Wildman–Crippen MR) is 69.9 cm³/mol. The van der Waals surface area contributed by atoms with Crippen LogP contribution in [0.5, 0.6) is 11.5 Å². The fraction of sp³-hybridized carbons (Fsp3) is 0.462. The van der Waals surface area contributed by atoms with E-state index < -0.39 is 0 Å². The van der Waals surface area contributed by atoms with Gasteiger partial charge in [-0.05, 0) is 12.0 Å². The SMILES string of the molecule is CC(C)c1c(C(=O)CN)cc(Cl)c2c1OCCO2. The molecule has 1 aliphatic heterocycles. The molecule has 1 aliphatic rings. The van der Waals surface area contributed by atoms with Gasteiger partial charge in [0.05, 0.1) is 11.6 Å². The first kappa shape index (κ1) is 13.2. The Balaban J connectivity index is 2.67. The van der Waals surface area contributed by atoms with E-state index >= 15 is 0 Å². The van der Waals surface area contributed by atoms with Crippen LogP contribution in [0.4, 0.5) is 0 Å². The van der Waals surface area contributed by atoms with Crippen molar-refractivity contribution in [3.05, 3.63) is 22.2 Å². The molecule has 1 aromatic carbocycles. The maximum Gasteiger partial charge on any atom is 0.180 e. The third-order valence-corrected chi connectivity index (χ3v) is 3.15. The number of ketones is 1. The zero-order valence-corrected chi connectivity index (χ0v) is 11.2. The molecule has 0 fully saturated rings. The molecule has 1 heterocycles. The van der Waals surface area contributed by atoms with Gasteiger partial charge in [-0.2, -0.15) is 0 Å². The van der Waals surface area contributed by atoms with Gasteiger partial charge in [-0.15, -0.1) is 0 Å². The van der Waals surface area contributed by atoms with Crippen LogP contribution in [0.2, 0.25) is 5.02 Å². The van der Waals surface area contributed by atoms with E-state index in [0.29, 0.717) is 35.3 Å². The van der Waals surface area contributed by atoms with Gasteiger partial charge in [0.15, 0.2) is 17.3 Å². The molecule has 2 N–H and O–H groups in total. The summed E-state index contributed by atoms with van der Waals surface area (Å²) in [5.74, 6) is 1.10. The molecule has 0 aromatic heterocycles. The summed E-state index contributed by atoms with van der Waals surface area (Å²) in [6.07, 6.45) is 0. The van der Waals surface area contributed by atoms with E-state index in [0.717, 1.165) is 5.56 Å².